The van der Waals surface area contributed by atoms with Gasteiger partial charge in [0.1, 0.15) is 9.25 Å². The molecule has 148 valence electrons. The molecule has 0 fully saturated rings. The number of hydrogen-bond donors (Lipinski definition) is 2. The first-order valence-corrected chi connectivity index (χ1v) is 12.1. The summed E-state index contributed by atoms with van der Waals surface area (Å²) in [6, 6.07) is 9.30. The third-order valence-corrected chi connectivity index (χ3v) is 9.13. The molecule has 0 radical (unpaired) electrons. The van der Waals surface area contributed by atoms with Gasteiger partial charge >= 0.3 is 0 Å². The summed E-state index contributed by atoms with van der Waals surface area (Å²) in [6.07, 6.45) is 0.712. The maximum Gasteiger partial charge on any atom is 0.273 e. The topological polar surface area (TPSA) is 85.8 Å². The monoisotopic (exact) mass is 435 g/mol. The molecule has 3 aromatic rings. The number of thioether (sulfide) groups is 1. The zero-order valence-corrected chi connectivity index (χ0v) is 18.0. The summed E-state index contributed by atoms with van der Waals surface area (Å²) in [5.74, 6) is 0. The number of benzene rings is 1. The van der Waals surface area contributed by atoms with E-state index in [-0.39, 0.29) is 11.9 Å². The average Bonchev–Trinajstić information content (AvgIpc) is 3.40. The summed E-state index contributed by atoms with van der Waals surface area (Å²) >= 11 is 2.86. The molecule has 1 atom stereocenters. The lowest BCUT2D eigenvalue weighted by molar-refractivity contribution is 0.288. The van der Waals surface area contributed by atoms with Crippen molar-refractivity contribution in [2.45, 2.75) is 22.8 Å². The fourth-order valence-electron chi connectivity index (χ4n) is 3.27. The van der Waals surface area contributed by atoms with Crippen molar-refractivity contribution in [1.29, 1.82) is 0 Å². The van der Waals surface area contributed by atoms with Gasteiger partial charge in [0.15, 0.2) is 0 Å². The van der Waals surface area contributed by atoms with Gasteiger partial charge in [0.05, 0.1) is 23.4 Å². The van der Waals surface area contributed by atoms with Gasteiger partial charge in [0.2, 0.25) is 0 Å². The van der Waals surface area contributed by atoms with Crippen LogP contribution >= 0.6 is 23.1 Å². The van der Waals surface area contributed by atoms with Crippen molar-refractivity contribution in [1.82, 2.24) is 4.98 Å². The van der Waals surface area contributed by atoms with E-state index < -0.39 is 10.0 Å². The minimum Gasteiger partial charge on any atom is -0.396 e. The maximum absolute atomic E-state index is 13.0. The van der Waals surface area contributed by atoms with Crippen molar-refractivity contribution in [2.24, 2.45) is 4.99 Å². The van der Waals surface area contributed by atoms with Gasteiger partial charge in [0, 0.05) is 24.3 Å². The molecule has 0 bridgehead atoms. The van der Waals surface area contributed by atoms with Crippen molar-refractivity contribution in [2.75, 3.05) is 24.5 Å². The Balaban J connectivity index is 1.75. The lowest BCUT2D eigenvalue weighted by Gasteiger charge is -2.20. The van der Waals surface area contributed by atoms with Crippen LogP contribution in [0.4, 0.5) is 5.69 Å². The normalized spacial score (nSPS) is 17.2. The second-order valence-corrected chi connectivity index (χ2v) is 11.2. The lowest BCUT2D eigenvalue weighted by atomic mass is 10.1. The van der Waals surface area contributed by atoms with E-state index in [0.717, 1.165) is 27.2 Å². The fourth-order valence-corrected chi connectivity index (χ4v) is 6.70. The standard InChI is InChI=1S/C19H21N3O3S3/c1-12-8-13-10-15(19-20-11-14(27-19)5-6-23)21-18(13)16(9-12)22(2)28(24,25)17-4-3-7-26-17/h3-4,7-10,14,21,23H,5-6,11H2,1-2H3. The number of aliphatic hydroxyl groups is 1. The van der Waals surface area contributed by atoms with Gasteiger partial charge in [-0.3, -0.25) is 9.30 Å². The number of fused-ring (bicyclic) bond motifs is 1. The summed E-state index contributed by atoms with van der Waals surface area (Å²) in [5, 5.41) is 13.1. The van der Waals surface area contributed by atoms with Gasteiger partial charge in [-0.05, 0) is 48.6 Å². The Morgan fingerprint density at radius 2 is 2.18 bits per heavy atom. The smallest absolute Gasteiger partial charge is 0.273 e. The van der Waals surface area contributed by atoms with E-state index in [0.29, 0.717) is 22.9 Å². The molecule has 28 heavy (non-hydrogen) atoms. The van der Waals surface area contributed by atoms with Crippen LogP contribution in [-0.4, -0.2) is 49.0 Å². The molecule has 1 aliphatic rings. The Bertz CT molecular complexity index is 1130. The molecule has 2 aromatic heterocycles. The van der Waals surface area contributed by atoms with E-state index in [2.05, 4.69) is 9.98 Å². The molecule has 0 spiro atoms. The van der Waals surface area contributed by atoms with Crippen molar-refractivity contribution in [3.8, 4) is 0 Å². The van der Waals surface area contributed by atoms with E-state index in [1.807, 2.05) is 25.1 Å². The molecule has 0 amide bonds. The minimum absolute atomic E-state index is 0.155. The summed E-state index contributed by atoms with van der Waals surface area (Å²) in [4.78, 5) is 7.97. The van der Waals surface area contributed by atoms with E-state index in [1.54, 1.807) is 36.3 Å². The second-order valence-electron chi connectivity index (χ2n) is 6.73. The van der Waals surface area contributed by atoms with E-state index in [1.165, 1.54) is 15.6 Å². The Morgan fingerprint density at radius 3 is 2.89 bits per heavy atom. The first kappa shape index (κ1) is 19.5. The highest BCUT2D eigenvalue weighted by atomic mass is 32.2. The largest absolute Gasteiger partial charge is 0.396 e. The lowest BCUT2D eigenvalue weighted by Crippen LogP contribution is -2.26. The number of nitrogens with one attached hydrogen (secondary N) is 1. The molecule has 2 N–H and O–H groups in total. The Hall–Kier alpha value is -1.81. The molecule has 1 aliphatic heterocycles. The zero-order valence-electron chi connectivity index (χ0n) is 15.5. The van der Waals surface area contributed by atoms with Crippen LogP contribution in [0.15, 0.2) is 44.9 Å². The van der Waals surface area contributed by atoms with E-state index in [4.69, 9.17) is 5.11 Å². The van der Waals surface area contributed by atoms with Gasteiger partial charge in [0.25, 0.3) is 10.0 Å². The number of hydrogen-bond acceptors (Lipinski definition) is 6. The Kier molecular flexibility index (Phi) is 5.26. The summed E-state index contributed by atoms with van der Waals surface area (Å²) in [7, 11) is -2.03. The number of aromatic nitrogens is 1. The second kappa shape index (κ2) is 7.55. The van der Waals surface area contributed by atoms with Crippen molar-refractivity contribution in [3.63, 3.8) is 0 Å². The number of anilines is 1. The fraction of sp³-hybridized carbons (Fsp3) is 0.316. The Morgan fingerprint density at radius 1 is 1.36 bits per heavy atom. The van der Waals surface area contributed by atoms with E-state index in [9.17, 15) is 8.42 Å². The highest BCUT2D eigenvalue weighted by Crippen LogP contribution is 2.35. The van der Waals surface area contributed by atoms with Crippen molar-refractivity contribution >= 4 is 54.8 Å². The number of aliphatic imine (C=N–C) groups is 1. The number of nitrogens with zero attached hydrogens (tertiary/aromatic N) is 2. The van der Waals surface area contributed by atoms with Crippen LogP contribution in [-0.2, 0) is 10.0 Å². The minimum atomic E-state index is -3.61. The average molecular weight is 436 g/mol. The highest BCUT2D eigenvalue weighted by molar-refractivity contribution is 8.15. The van der Waals surface area contributed by atoms with Crippen LogP contribution in [0.25, 0.3) is 10.9 Å². The maximum atomic E-state index is 13.0. The molecule has 4 rings (SSSR count). The third-order valence-electron chi connectivity index (χ3n) is 4.70. The van der Waals surface area contributed by atoms with Crippen LogP contribution in [0, 0.1) is 6.92 Å². The SMILES string of the molecule is Cc1cc(N(C)S(=O)(=O)c2cccs2)c2[nH]c(C3=NCC(CCO)S3)cc2c1. The molecule has 1 unspecified atom stereocenters. The number of aromatic amines is 1. The zero-order chi connectivity index (χ0) is 19.9. The van der Waals surface area contributed by atoms with Crippen molar-refractivity contribution in [3.05, 3.63) is 47.0 Å². The van der Waals surface area contributed by atoms with Gasteiger partial charge in [-0.15, -0.1) is 11.3 Å². The molecule has 0 saturated heterocycles. The highest BCUT2D eigenvalue weighted by Gasteiger charge is 2.26. The number of rotatable bonds is 6. The molecule has 6 nitrogen and oxygen atoms in total. The molecular weight excluding hydrogens is 414 g/mol. The predicted molar refractivity (Wildman–Crippen MR) is 117 cm³/mol. The first-order chi connectivity index (χ1) is 13.4. The summed E-state index contributed by atoms with van der Waals surface area (Å²) in [5.41, 5.74) is 3.26. The van der Waals surface area contributed by atoms with Crippen LogP contribution in [0.5, 0.6) is 0 Å². The van der Waals surface area contributed by atoms with Gasteiger partial charge in [-0.25, -0.2) is 8.42 Å². The van der Waals surface area contributed by atoms with Gasteiger partial charge in [-0.2, -0.15) is 0 Å². The molecule has 0 saturated carbocycles. The van der Waals surface area contributed by atoms with Crippen LogP contribution in [0.1, 0.15) is 17.7 Å². The van der Waals surface area contributed by atoms with E-state index >= 15 is 0 Å². The number of sulfonamides is 1. The third kappa shape index (κ3) is 3.47. The van der Waals surface area contributed by atoms with Crippen LogP contribution in [0.3, 0.4) is 0 Å². The summed E-state index contributed by atoms with van der Waals surface area (Å²) < 4.78 is 27.7. The number of H-pyrrole nitrogens is 1. The van der Waals surface area contributed by atoms with Crippen LogP contribution in [0.2, 0.25) is 0 Å². The van der Waals surface area contributed by atoms with Crippen molar-refractivity contribution < 1.29 is 13.5 Å². The van der Waals surface area contributed by atoms with Gasteiger partial charge < -0.3 is 10.1 Å². The first-order valence-electron chi connectivity index (χ1n) is 8.88. The number of thiophene rings is 1. The van der Waals surface area contributed by atoms with Crippen LogP contribution < -0.4 is 4.31 Å². The van der Waals surface area contributed by atoms with Gasteiger partial charge in [-0.1, -0.05) is 17.8 Å². The quantitative estimate of drug-likeness (QED) is 0.619. The molecular formula is C19H21N3O3S3. The summed E-state index contributed by atoms with van der Waals surface area (Å²) in [6.45, 7) is 2.80. The number of aryl methyl sites for hydroxylation is 1. The Labute approximate surface area is 172 Å². The number of aliphatic hydroxyl groups excluding tert-OH is 1. The predicted octanol–water partition coefficient (Wildman–Crippen LogP) is 3.61. The molecule has 1 aromatic carbocycles. The molecule has 0 aliphatic carbocycles. The molecule has 9 heteroatoms. The molecule has 3 heterocycles.